The van der Waals surface area contributed by atoms with Gasteiger partial charge in [0.2, 0.25) is 0 Å². The Bertz CT molecular complexity index is 288. The van der Waals surface area contributed by atoms with Crippen LogP contribution in [0.5, 0.6) is 0 Å². The standard InChI is InChI=1S/C11H18N4/c12-9-4-2-1-3-5-10(9)15-11-8-13-6-7-14-11/h6-10H,1-5,12H2,(H,14,15). The smallest absolute Gasteiger partial charge is 0.144 e. The summed E-state index contributed by atoms with van der Waals surface area (Å²) in [6, 6.07) is 0.596. The van der Waals surface area contributed by atoms with Gasteiger partial charge in [0.1, 0.15) is 5.82 Å². The van der Waals surface area contributed by atoms with Gasteiger partial charge in [-0.15, -0.1) is 0 Å². The first kappa shape index (κ1) is 10.4. The lowest BCUT2D eigenvalue weighted by atomic mass is 10.0. The Morgan fingerprint density at radius 3 is 2.87 bits per heavy atom. The molecule has 4 heteroatoms. The minimum absolute atomic E-state index is 0.245. The molecule has 4 nitrogen and oxygen atoms in total. The Labute approximate surface area is 90.3 Å². The van der Waals surface area contributed by atoms with Crippen molar-refractivity contribution in [1.82, 2.24) is 9.97 Å². The maximum Gasteiger partial charge on any atom is 0.144 e. The molecule has 0 bridgehead atoms. The molecular formula is C11H18N4. The zero-order valence-electron chi connectivity index (χ0n) is 8.89. The van der Waals surface area contributed by atoms with Crippen LogP contribution >= 0.6 is 0 Å². The molecule has 2 rings (SSSR count). The predicted molar refractivity (Wildman–Crippen MR) is 60.5 cm³/mol. The van der Waals surface area contributed by atoms with Crippen molar-refractivity contribution in [3.8, 4) is 0 Å². The van der Waals surface area contributed by atoms with Gasteiger partial charge in [-0.05, 0) is 12.8 Å². The van der Waals surface area contributed by atoms with E-state index in [1.54, 1.807) is 18.6 Å². The second-order valence-corrected chi connectivity index (χ2v) is 4.14. The average Bonchev–Trinajstić information content (AvgIpc) is 2.46. The molecule has 3 N–H and O–H groups in total. The topological polar surface area (TPSA) is 63.8 Å². The Morgan fingerprint density at radius 2 is 2.07 bits per heavy atom. The van der Waals surface area contributed by atoms with Crippen LogP contribution in [0.4, 0.5) is 5.82 Å². The third kappa shape index (κ3) is 2.89. The molecule has 1 fully saturated rings. The summed E-state index contributed by atoms with van der Waals surface area (Å²) in [4.78, 5) is 8.24. The highest BCUT2D eigenvalue weighted by atomic mass is 15.0. The van der Waals surface area contributed by atoms with E-state index in [1.165, 1.54) is 19.3 Å². The second-order valence-electron chi connectivity index (χ2n) is 4.14. The number of anilines is 1. The van der Waals surface area contributed by atoms with Crippen LogP contribution in [0.1, 0.15) is 32.1 Å². The maximum absolute atomic E-state index is 6.12. The quantitative estimate of drug-likeness (QED) is 0.721. The molecule has 0 saturated heterocycles. The van der Waals surface area contributed by atoms with Crippen molar-refractivity contribution in [3.63, 3.8) is 0 Å². The molecule has 82 valence electrons. The zero-order valence-corrected chi connectivity index (χ0v) is 8.89. The fourth-order valence-corrected chi connectivity index (χ4v) is 2.08. The number of hydrogen-bond acceptors (Lipinski definition) is 4. The van der Waals surface area contributed by atoms with Gasteiger partial charge in [0.25, 0.3) is 0 Å². The van der Waals surface area contributed by atoms with Crippen LogP contribution in [0.25, 0.3) is 0 Å². The van der Waals surface area contributed by atoms with Crippen molar-refractivity contribution < 1.29 is 0 Å². The summed E-state index contributed by atoms with van der Waals surface area (Å²) in [7, 11) is 0. The van der Waals surface area contributed by atoms with Crippen molar-refractivity contribution in [2.24, 2.45) is 5.73 Å². The van der Waals surface area contributed by atoms with Gasteiger partial charge < -0.3 is 11.1 Å². The molecule has 15 heavy (non-hydrogen) atoms. The number of rotatable bonds is 2. The second kappa shape index (κ2) is 5.07. The lowest BCUT2D eigenvalue weighted by molar-refractivity contribution is 0.527. The number of hydrogen-bond donors (Lipinski definition) is 2. The first-order valence-electron chi connectivity index (χ1n) is 5.64. The van der Waals surface area contributed by atoms with E-state index in [-0.39, 0.29) is 6.04 Å². The van der Waals surface area contributed by atoms with Crippen molar-refractivity contribution in [2.45, 2.75) is 44.2 Å². The summed E-state index contributed by atoms with van der Waals surface area (Å²) in [5, 5.41) is 3.37. The van der Waals surface area contributed by atoms with E-state index < -0.39 is 0 Å². The van der Waals surface area contributed by atoms with Gasteiger partial charge in [0, 0.05) is 24.5 Å². The normalized spacial score (nSPS) is 27.0. The maximum atomic E-state index is 6.12. The Balaban J connectivity index is 1.97. The molecule has 0 radical (unpaired) electrons. The third-order valence-electron chi connectivity index (χ3n) is 2.97. The van der Waals surface area contributed by atoms with Gasteiger partial charge in [-0.1, -0.05) is 19.3 Å². The lowest BCUT2D eigenvalue weighted by Crippen LogP contribution is -2.39. The molecule has 1 aromatic rings. The molecule has 1 aliphatic rings. The average molecular weight is 206 g/mol. The monoisotopic (exact) mass is 206 g/mol. The molecule has 0 spiro atoms. The van der Waals surface area contributed by atoms with Gasteiger partial charge in [0.05, 0.1) is 6.20 Å². The first-order chi connectivity index (χ1) is 7.36. The minimum atomic E-state index is 0.245. The fourth-order valence-electron chi connectivity index (χ4n) is 2.08. The highest BCUT2D eigenvalue weighted by molar-refractivity contribution is 5.32. The summed E-state index contributed by atoms with van der Waals surface area (Å²) in [5.41, 5.74) is 6.12. The summed E-state index contributed by atoms with van der Waals surface area (Å²) in [6.45, 7) is 0. The molecular weight excluding hydrogens is 188 g/mol. The molecule has 0 amide bonds. The van der Waals surface area contributed by atoms with Crippen molar-refractivity contribution in [2.75, 3.05) is 5.32 Å². The number of nitrogens with two attached hydrogens (primary N) is 1. The minimum Gasteiger partial charge on any atom is -0.365 e. The predicted octanol–water partition coefficient (Wildman–Crippen LogP) is 1.55. The summed E-state index contributed by atoms with van der Waals surface area (Å²) in [5.74, 6) is 0.833. The fraction of sp³-hybridized carbons (Fsp3) is 0.636. The van der Waals surface area contributed by atoms with E-state index in [2.05, 4.69) is 15.3 Å². The van der Waals surface area contributed by atoms with Crippen molar-refractivity contribution in [3.05, 3.63) is 18.6 Å². The summed E-state index contributed by atoms with van der Waals surface area (Å²) in [6.07, 6.45) is 11.2. The van der Waals surface area contributed by atoms with Crippen LogP contribution in [0.15, 0.2) is 18.6 Å². The molecule has 0 aliphatic heterocycles. The van der Waals surface area contributed by atoms with E-state index in [4.69, 9.17) is 5.73 Å². The Morgan fingerprint density at radius 1 is 1.20 bits per heavy atom. The summed E-state index contributed by atoms with van der Waals surface area (Å²) >= 11 is 0. The highest BCUT2D eigenvalue weighted by Gasteiger charge is 2.20. The zero-order chi connectivity index (χ0) is 10.5. The van der Waals surface area contributed by atoms with Crippen LogP contribution in [-0.2, 0) is 0 Å². The molecule has 1 aromatic heterocycles. The largest absolute Gasteiger partial charge is 0.365 e. The Hall–Kier alpha value is -1.16. The molecule has 0 aromatic carbocycles. The van der Waals surface area contributed by atoms with Gasteiger partial charge in [-0.2, -0.15) is 0 Å². The van der Waals surface area contributed by atoms with E-state index in [0.29, 0.717) is 6.04 Å². The SMILES string of the molecule is NC1CCCCCC1Nc1cnccn1. The van der Waals surface area contributed by atoms with Gasteiger partial charge >= 0.3 is 0 Å². The van der Waals surface area contributed by atoms with Crippen LogP contribution in [0, 0.1) is 0 Å². The van der Waals surface area contributed by atoms with Crippen molar-refractivity contribution in [1.29, 1.82) is 0 Å². The van der Waals surface area contributed by atoms with E-state index in [0.717, 1.165) is 18.7 Å². The molecule has 1 aliphatic carbocycles. The number of nitrogens with zero attached hydrogens (tertiary/aromatic N) is 2. The van der Waals surface area contributed by atoms with Gasteiger partial charge in [-0.25, -0.2) is 4.98 Å². The van der Waals surface area contributed by atoms with E-state index >= 15 is 0 Å². The molecule has 2 atom stereocenters. The lowest BCUT2D eigenvalue weighted by Gasteiger charge is -2.22. The van der Waals surface area contributed by atoms with E-state index in [1.807, 2.05) is 0 Å². The van der Waals surface area contributed by atoms with Crippen LogP contribution in [-0.4, -0.2) is 22.1 Å². The van der Waals surface area contributed by atoms with Crippen molar-refractivity contribution >= 4 is 5.82 Å². The van der Waals surface area contributed by atoms with E-state index in [9.17, 15) is 0 Å². The summed E-state index contributed by atoms with van der Waals surface area (Å²) < 4.78 is 0. The first-order valence-corrected chi connectivity index (χ1v) is 5.64. The molecule has 1 heterocycles. The third-order valence-corrected chi connectivity index (χ3v) is 2.97. The molecule has 2 unspecified atom stereocenters. The number of aromatic nitrogens is 2. The highest BCUT2D eigenvalue weighted by Crippen LogP contribution is 2.19. The number of nitrogens with one attached hydrogen (secondary N) is 1. The van der Waals surface area contributed by atoms with Gasteiger partial charge in [0.15, 0.2) is 0 Å². The van der Waals surface area contributed by atoms with Crippen LogP contribution in [0.3, 0.4) is 0 Å². The van der Waals surface area contributed by atoms with Crippen LogP contribution < -0.4 is 11.1 Å². The molecule has 1 saturated carbocycles. The van der Waals surface area contributed by atoms with Gasteiger partial charge in [-0.3, -0.25) is 4.98 Å². The Kier molecular flexibility index (Phi) is 3.50. The van der Waals surface area contributed by atoms with Crippen LogP contribution in [0.2, 0.25) is 0 Å².